The van der Waals surface area contributed by atoms with Crippen molar-refractivity contribution in [1.82, 2.24) is 24.6 Å². The summed E-state index contributed by atoms with van der Waals surface area (Å²) < 4.78 is 8.45. The van der Waals surface area contributed by atoms with E-state index in [-0.39, 0.29) is 17.9 Å². The van der Waals surface area contributed by atoms with E-state index in [0.29, 0.717) is 29.6 Å². The van der Waals surface area contributed by atoms with Gasteiger partial charge in [-0.05, 0) is 90.1 Å². The number of anilines is 1. The van der Waals surface area contributed by atoms with Crippen LogP contribution in [-0.2, 0) is 16.2 Å². The van der Waals surface area contributed by atoms with Crippen LogP contribution >= 0.6 is 11.3 Å². The fraction of sp³-hybridized carbons (Fsp3) is 0.733. The first-order valence-corrected chi connectivity index (χ1v) is 16.3. The Morgan fingerprint density at radius 3 is 2.35 bits per heavy atom. The zero-order chi connectivity index (χ0) is 27.4. The van der Waals surface area contributed by atoms with Gasteiger partial charge in [-0.2, -0.15) is 5.10 Å². The number of fused-ring (bicyclic) bond motifs is 3. The maximum Gasteiger partial charge on any atom is 0.225 e. The largest absolute Gasteiger partial charge is 0.483 e. The third-order valence-corrected chi connectivity index (χ3v) is 11.0. The number of ether oxygens (including phenoxy) is 1. The van der Waals surface area contributed by atoms with E-state index in [1.165, 1.54) is 57.0 Å². The molecule has 0 atom stereocenters. The van der Waals surface area contributed by atoms with Gasteiger partial charge < -0.3 is 19.9 Å². The van der Waals surface area contributed by atoms with Gasteiger partial charge in [0, 0.05) is 37.9 Å². The minimum absolute atomic E-state index is 0.105. The maximum absolute atomic E-state index is 13.6. The summed E-state index contributed by atoms with van der Waals surface area (Å²) in [6, 6.07) is 1.37. The molecule has 0 spiro atoms. The Morgan fingerprint density at radius 1 is 0.975 bits per heavy atom. The molecule has 4 heterocycles. The number of thiazole rings is 1. The molecule has 2 aromatic heterocycles. The summed E-state index contributed by atoms with van der Waals surface area (Å²) in [4.78, 5) is 35.8. The molecule has 2 aliphatic heterocycles. The van der Waals surface area contributed by atoms with Crippen LogP contribution in [0.4, 0.5) is 5.13 Å². The third kappa shape index (κ3) is 4.95. The van der Waals surface area contributed by atoms with E-state index in [2.05, 4.69) is 31.8 Å². The van der Waals surface area contributed by atoms with Gasteiger partial charge in [0.2, 0.25) is 11.8 Å². The first-order valence-electron chi connectivity index (χ1n) is 15.5. The van der Waals surface area contributed by atoms with E-state index in [1.54, 1.807) is 0 Å². The van der Waals surface area contributed by atoms with Crippen molar-refractivity contribution in [2.45, 2.75) is 115 Å². The van der Waals surface area contributed by atoms with E-state index < -0.39 is 0 Å². The summed E-state index contributed by atoms with van der Waals surface area (Å²) in [6.07, 6.45) is 13.4. The Kier molecular flexibility index (Phi) is 7.10. The number of hydrogen-bond donors (Lipinski definition) is 1. The van der Waals surface area contributed by atoms with Crippen LogP contribution in [0.1, 0.15) is 107 Å². The van der Waals surface area contributed by atoms with Gasteiger partial charge in [0.1, 0.15) is 23.7 Å². The lowest BCUT2D eigenvalue weighted by Gasteiger charge is -2.40. The Morgan fingerprint density at radius 2 is 1.68 bits per heavy atom. The number of likely N-dealkylation sites (tertiary alicyclic amines) is 1. The molecule has 0 aromatic carbocycles. The highest BCUT2D eigenvalue weighted by Gasteiger charge is 2.40. The lowest BCUT2D eigenvalue weighted by molar-refractivity contribution is -0.138. The second-order valence-corrected chi connectivity index (χ2v) is 13.7. The summed E-state index contributed by atoms with van der Waals surface area (Å²) in [7, 11) is 2.05. The molecule has 0 unspecified atom stereocenters. The van der Waals surface area contributed by atoms with E-state index in [1.807, 2.05) is 0 Å². The van der Waals surface area contributed by atoms with Gasteiger partial charge in [-0.25, -0.2) is 4.98 Å². The van der Waals surface area contributed by atoms with Crippen LogP contribution in [0.2, 0.25) is 0 Å². The highest BCUT2D eigenvalue weighted by molar-refractivity contribution is 7.19. The van der Waals surface area contributed by atoms with Crippen LogP contribution in [0.15, 0.2) is 0 Å². The zero-order valence-corrected chi connectivity index (χ0v) is 24.7. The molecule has 3 saturated carbocycles. The zero-order valence-electron chi connectivity index (χ0n) is 23.9. The van der Waals surface area contributed by atoms with Gasteiger partial charge in [0.25, 0.3) is 0 Å². The minimum atomic E-state index is -0.119. The van der Waals surface area contributed by atoms with E-state index in [0.717, 1.165) is 85.1 Å². The Labute approximate surface area is 240 Å². The molecule has 0 bridgehead atoms. The molecule has 216 valence electrons. The molecule has 0 radical (unpaired) electrons. The Bertz CT molecular complexity index is 1260. The molecule has 3 aliphatic carbocycles. The first-order chi connectivity index (χ1) is 19.5. The summed E-state index contributed by atoms with van der Waals surface area (Å²) >= 11 is 1.52. The van der Waals surface area contributed by atoms with E-state index in [9.17, 15) is 9.59 Å². The van der Waals surface area contributed by atoms with Crippen molar-refractivity contribution in [3.63, 3.8) is 0 Å². The van der Waals surface area contributed by atoms with Crippen LogP contribution < -0.4 is 10.1 Å². The third-order valence-electron chi connectivity index (χ3n) is 10.0. The molecular formula is C30H42N6O3S. The normalized spacial score (nSPS) is 28.4. The number of carbonyl (C=O) groups excluding carboxylic acids is 2. The van der Waals surface area contributed by atoms with Crippen molar-refractivity contribution in [2.24, 2.45) is 5.92 Å². The topological polar surface area (TPSA) is 92.6 Å². The molecule has 5 aliphatic rings. The highest BCUT2D eigenvalue weighted by Crippen LogP contribution is 2.52. The van der Waals surface area contributed by atoms with Crippen molar-refractivity contribution in [1.29, 1.82) is 0 Å². The molecule has 9 nitrogen and oxygen atoms in total. The molecule has 7 rings (SSSR count). The first kappa shape index (κ1) is 26.4. The second kappa shape index (κ2) is 10.7. The molecule has 10 heteroatoms. The molecular weight excluding hydrogens is 524 g/mol. The number of rotatable bonds is 6. The SMILES string of the molecule is CC(=O)Nc1nc2c(s1)-c1c(c(C3CC3)nn1[C@H]1CC[C@H](C(=O)N(C)[C@H]3CC[C@@H](N4CCCC4)CC3)CC1)OC2. The van der Waals surface area contributed by atoms with Crippen LogP contribution in [0, 0.1) is 5.92 Å². The van der Waals surface area contributed by atoms with E-state index in [4.69, 9.17) is 9.84 Å². The summed E-state index contributed by atoms with van der Waals surface area (Å²) in [5.74, 6) is 1.72. The molecule has 1 N–H and O–H groups in total. The van der Waals surface area contributed by atoms with Gasteiger partial charge >= 0.3 is 0 Å². The number of amides is 2. The summed E-state index contributed by atoms with van der Waals surface area (Å²) in [5.41, 5.74) is 2.98. The summed E-state index contributed by atoms with van der Waals surface area (Å²) in [5, 5.41) is 8.61. The van der Waals surface area contributed by atoms with Crippen molar-refractivity contribution >= 4 is 28.3 Å². The molecule has 2 aromatic rings. The van der Waals surface area contributed by atoms with Crippen molar-refractivity contribution in [3.05, 3.63) is 11.4 Å². The predicted octanol–water partition coefficient (Wildman–Crippen LogP) is 5.33. The second-order valence-electron chi connectivity index (χ2n) is 12.7. The fourth-order valence-corrected chi connectivity index (χ4v) is 8.66. The van der Waals surface area contributed by atoms with Crippen LogP contribution in [-0.4, -0.2) is 68.6 Å². The van der Waals surface area contributed by atoms with Crippen molar-refractivity contribution in [3.8, 4) is 16.3 Å². The number of aromatic nitrogens is 3. The molecule has 1 saturated heterocycles. The Hall–Kier alpha value is -2.46. The Balaban J connectivity index is 1.03. The van der Waals surface area contributed by atoms with Gasteiger partial charge in [0.05, 0.1) is 10.9 Å². The minimum Gasteiger partial charge on any atom is -0.483 e. The molecule has 4 fully saturated rings. The molecule has 40 heavy (non-hydrogen) atoms. The van der Waals surface area contributed by atoms with Crippen molar-refractivity contribution in [2.75, 3.05) is 25.5 Å². The highest BCUT2D eigenvalue weighted by atomic mass is 32.1. The smallest absolute Gasteiger partial charge is 0.225 e. The lowest BCUT2D eigenvalue weighted by atomic mass is 9.83. The standard InChI is InChI=1S/C30H42N6O3S/c1-18(37)31-30-32-24-17-39-27-25(19-5-6-19)33-36(26(27)28(24)40-30)23-9-7-20(8-10-23)29(38)34(2)21-11-13-22(14-12-21)35-15-3-4-16-35/h19-23H,3-17H2,1-2H3,(H,31,32,37)/t20-,21-,22+,23-. The average molecular weight is 567 g/mol. The number of nitrogens with zero attached hydrogens (tertiary/aromatic N) is 5. The quantitative estimate of drug-likeness (QED) is 0.508. The van der Waals surface area contributed by atoms with Gasteiger partial charge in [-0.3, -0.25) is 14.3 Å². The van der Waals surface area contributed by atoms with Gasteiger partial charge in [0.15, 0.2) is 10.9 Å². The molecule has 2 amide bonds. The number of carbonyl (C=O) groups is 2. The number of hydrogen-bond acceptors (Lipinski definition) is 7. The van der Waals surface area contributed by atoms with Crippen molar-refractivity contribution < 1.29 is 14.3 Å². The lowest BCUT2D eigenvalue weighted by Crippen LogP contribution is -2.46. The monoisotopic (exact) mass is 566 g/mol. The fourth-order valence-electron chi connectivity index (χ4n) is 7.61. The predicted molar refractivity (Wildman–Crippen MR) is 155 cm³/mol. The summed E-state index contributed by atoms with van der Waals surface area (Å²) in [6.45, 7) is 4.45. The van der Waals surface area contributed by atoms with Crippen LogP contribution in [0.3, 0.4) is 0 Å². The maximum atomic E-state index is 13.6. The number of nitrogens with one attached hydrogen (secondary N) is 1. The average Bonchev–Trinajstić information content (AvgIpc) is 3.34. The van der Waals surface area contributed by atoms with Gasteiger partial charge in [-0.1, -0.05) is 11.3 Å². The van der Waals surface area contributed by atoms with Gasteiger partial charge in [-0.15, -0.1) is 0 Å². The van der Waals surface area contributed by atoms with Crippen LogP contribution in [0.25, 0.3) is 10.6 Å². The van der Waals surface area contributed by atoms with E-state index >= 15 is 0 Å². The van der Waals surface area contributed by atoms with Crippen LogP contribution in [0.5, 0.6) is 5.75 Å².